The van der Waals surface area contributed by atoms with Gasteiger partial charge in [0.2, 0.25) is 0 Å². The van der Waals surface area contributed by atoms with Crippen LogP contribution in [-0.4, -0.2) is 40.3 Å². The van der Waals surface area contributed by atoms with E-state index < -0.39 is 0 Å². The second-order valence-corrected chi connectivity index (χ2v) is 8.68. The highest BCUT2D eigenvalue weighted by molar-refractivity contribution is 5.89. The van der Waals surface area contributed by atoms with Gasteiger partial charge < -0.3 is 14.2 Å². The Labute approximate surface area is 187 Å². The Morgan fingerprint density at radius 1 is 1.03 bits per heavy atom. The third kappa shape index (κ3) is 3.86. The van der Waals surface area contributed by atoms with Crippen LogP contribution < -0.4 is 4.90 Å². The van der Waals surface area contributed by atoms with Crippen molar-refractivity contribution in [1.82, 2.24) is 14.5 Å². The van der Waals surface area contributed by atoms with E-state index in [4.69, 9.17) is 14.7 Å². The fourth-order valence-corrected chi connectivity index (χ4v) is 4.35. The Morgan fingerprint density at radius 2 is 1.81 bits per heavy atom. The zero-order valence-electron chi connectivity index (χ0n) is 18.6. The molecule has 0 spiro atoms. The van der Waals surface area contributed by atoms with E-state index in [-0.39, 0.29) is 18.0 Å². The average molecular weight is 431 g/mol. The van der Waals surface area contributed by atoms with Crippen molar-refractivity contribution in [3.8, 4) is 22.5 Å². The van der Waals surface area contributed by atoms with Crippen LogP contribution in [0.2, 0.25) is 0 Å². The number of hydrogen-bond acceptors (Lipinski definition) is 4. The number of halogens is 1. The van der Waals surface area contributed by atoms with Crippen LogP contribution in [0.5, 0.6) is 0 Å². The number of fused-ring (bicyclic) bond motifs is 1. The van der Waals surface area contributed by atoms with Crippen molar-refractivity contribution in [1.29, 1.82) is 0 Å². The Morgan fingerprint density at radius 3 is 2.56 bits per heavy atom. The topological polar surface area (TPSA) is 43.2 Å². The van der Waals surface area contributed by atoms with E-state index in [1.54, 1.807) is 12.1 Å². The molecule has 0 unspecified atom stereocenters. The molecule has 0 radical (unpaired) electrons. The van der Waals surface area contributed by atoms with Gasteiger partial charge in [-0.2, -0.15) is 0 Å². The molecule has 1 aliphatic rings. The van der Waals surface area contributed by atoms with Gasteiger partial charge in [-0.15, -0.1) is 0 Å². The zero-order valence-corrected chi connectivity index (χ0v) is 18.6. The van der Waals surface area contributed by atoms with Crippen molar-refractivity contribution in [2.75, 3.05) is 24.6 Å². The van der Waals surface area contributed by atoms with Gasteiger partial charge in [0.25, 0.3) is 0 Å². The molecule has 164 valence electrons. The van der Waals surface area contributed by atoms with Gasteiger partial charge in [0.05, 0.1) is 47.8 Å². The number of benzene rings is 2. The summed E-state index contributed by atoms with van der Waals surface area (Å²) in [6.45, 7) is 8.84. The lowest BCUT2D eigenvalue weighted by Crippen LogP contribution is -2.41. The Hall–Kier alpha value is -3.25. The average Bonchev–Trinajstić information content (AvgIpc) is 3.24. The van der Waals surface area contributed by atoms with Crippen LogP contribution in [0.3, 0.4) is 0 Å². The summed E-state index contributed by atoms with van der Waals surface area (Å²) in [6.07, 6.45) is 4.03. The molecule has 1 fully saturated rings. The highest BCUT2D eigenvalue weighted by Crippen LogP contribution is 2.35. The summed E-state index contributed by atoms with van der Waals surface area (Å²) in [6, 6.07) is 15.3. The van der Waals surface area contributed by atoms with Gasteiger partial charge in [0.15, 0.2) is 0 Å². The second-order valence-electron chi connectivity index (χ2n) is 8.68. The molecule has 32 heavy (non-hydrogen) atoms. The first kappa shape index (κ1) is 20.6. The van der Waals surface area contributed by atoms with E-state index in [2.05, 4.69) is 54.5 Å². The molecule has 3 heterocycles. The molecular weight excluding hydrogens is 403 g/mol. The predicted octanol–water partition coefficient (Wildman–Crippen LogP) is 5.71. The number of rotatable bonds is 4. The van der Waals surface area contributed by atoms with Crippen LogP contribution in [0.15, 0.2) is 61.1 Å². The zero-order chi connectivity index (χ0) is 22.2. The molecule has 6 heteroatoms. The molecule has 1 atom stereocenters. The third-order valence-electron chi connectivity index (χ3n) is 6.01. The van der Waals surface area contributed by atoms with Crippen LogP contribution >= 0.6 is 0 Å². The predicted molar refractivity (Wildman–Crippen MR) is 126 cm³/mol. The largest absolute Gasteiger partial charge is 0.375 e. The standard InChI is InChI=1S/C26H27FN4O/c1-17(2)31-16-29-25(19-4-7-22(27)8-5-19)26(31)20-6-9-24-21(12-20)13-23(14-28-24)30-10-11-32-18(3)15-30/h4-9,12-14,16-18H,10-11,15H2,1-3H3/t18-/m1/s1. The summed E-state index contributed by atoms with van der Waals surface area (Å²) >= 11 is 0. The third-order valence-corrected chi connectivity index (χ3v) is 6.01. The maximum absolute atomic E-state index is 13.5. The number of pyridine rings is 1. The van der Waals surface area contributed by atoms with Gasteiger partial charge in [-0.05, 0) is 63.2 Å². The summed E-state index contributed by atoms with van der Waals surface area (Å²) in [5.41, 5.74) is 5.91. The van der Waals surface area contributed by atoms with E-state index in [1.807, 2.05) is 12.5 Å². The van der Waals surface area contributed by atoms with Crippen LogP contribution in [-0.2, 0) is 4.74 Å². The van der Waals surface area contributed by atoms with Gasteiger partial charge in [-0.3, -0.25) is 4.98 Å². The molecule has 0 aliphatic carbocycles. The summed E-state index contributed by atoms with van der Waals surface area (Å²) in [5, 5.41) is 1.08. The molecular formula is C26H27FN4O. The minimum absolute atomic E-state index is 0.212. The quantitative estimate of drug-likeness (QED) is 0.416. The SMILES string of the molecule is CC(C)n1cnc(-c2ccc(F)cc2)c1-c1ccc2ncc(N3CCO[C@H](C)C3)cc2c1. The molecule has 4 aromatic rings. The summed E-state index contributed by atoms with van der Waals surface area (Å²) in [4.78, 5) is 11.7. The molecule has 5 rings (SSSR count). The molecule has 0 saturated carbocycles. The molecule has 5 nitrogen and oxygen atoms in total. The van der Waals surface area contributed by atoms with Crippen LogP contribution in [0.1, 0.15) is 26.8 Å². The van der Waals surface area contributed by atoms with E-state index >= 15 is 0 Å². The number of hydrogen-bond donors (Lipinski definition) is 0. The van der Waals surface area contributed by atoms with Crippen molar-refractivity contribution in [3.63, 3.8) is 0 Å². The summed E-state index contributed by atoms with van der Waals surface area (Å²) in [5.74, 6) is -0.250. The lowest BCUT2D eigenvalue weighted by atomic mass is 10.0. The monoisotopic (exact) mass is 430 g/mol. The fourth-order valence-electron chi connectivity index (χ4n) is 4.35. The fraction of sp³-hybridized carbons (Fsp3) is 0.308. The first-order chi connectivity index (χ1) is 15.5. The van der Waals surface area contributed by atoms with Crippen molar-refractivity contribution < 1.29 is 9.13 Å². The number of imidazole rings is 1. The van der Waals surface area contributed by atoms with Gasteiger partial charge in [-0.25, -0.2) is 9.37 Å². The number of nitrogens with zero attached hydrogens (tertiary/aromatic N) is 4. The van der Waals surface area contributed by atoms with E-state index in [1.165, 1.54) is 12.1 Å². The molecule has 0 bridgehead atoms. The van der Waals surface area contributed by atoms with Crippen molar-refractivity contribution in [3.05, 3.63) is 66.9 Å². The maximum atomic E-state index is 13.5. The van der Waals surface area contributed by atoms with Crippen molar-refractivity contribution >= 4 is 16.6 Å². The molecule has 0 N–H and O–H groups in total. The van der Waals surface area contributed by atoms with E-state index in [9.17, 15) is 4.39 Å². The minimum Gasteiger partial charge on any atom is -0.375 e. The molecule has 2 aromatic carbocycles. The van der Waals surface area contributed by atoms with Gasteiger partial charge in [0, 0.05) is 35.6 Å². The Bertz CT molecular complexity index is 1250. The maximum Gasteiger partial charge on any atom is 0.123 e. The van der Waals surface area contributed by atoms with Gasteiger partial charge >= 0.3 is 0 Å². The van der Waals surface area contributed by atoms with Gasteiger partial charge in [-0.1, -0.05) is 6.07 Å². The van der Waals surface area contributed by atoms with Crippen LogP contribution in [0.25, 0.3) is 33.4 Å². The number of anilines is 1. The first-order valence-electron chi connectivity index (χ1n) is 11.1. The molecule has 2 aromatic heterocycles. The smallest absolute Gasteiger partial charge is 0.123 e. The summed E-state index contributed by atoms with van der Waals surface area (Å²) < 4.78 is 21.4. The highest BCUT2D eigenvalue weighted by atomic mass is 19.1. The molecule has 0 amide bonds. The molecule has 1 aliphatic heterocycles. The first-order valence-corrected chi connectivity index (χ1v) is 11.1. The number of ether oxygens (including phenoxy) is 1. The van der Waals surface area contributed by atoms with Gasteiger partial charge in [0.1, 0.15) is 5.82 Å². The number of morpholine rings is 1. The van der Waals surface area contributed by atoms with E-state index in [0.717, 1.165) is 58.8 Å². The van der Waals surface area contributed by atoms with E-state index in [0.29, 0.717) is 0 Å². The van der Waals surface area contributed by atoms with Crippen LogP contribution in [0.4, 0.5) is 10.1 Å². The van der Waals surface area contributed by atoms with Crippen molar-refractivity contribution in [2.24, 2.45) is 0 Å². The summed E-state index contributed by atoms with van der Waals surface area (Å²) in [7, 11) is 0. The minimum atomic E-state index is -0.250. The lowest BCUT2D eigenvalue weighted by Gasteiger charge is -2.32. The normalized spacial score (nSPS) is 16.8. The Kier molecular flexibility index (Phi) is 5.39. The molecule has 1 saturated heterocycles. The van der Waals surface area contributed by atoms with Crippen molar-refractivity contribution in [2.45, 2.75) is 32.9 Å². The van der Waals surface area contributed by atoms with Crippen LogP contribution in [0, 0.1) is 5.82 Å². The highest BCUT2D eigenvalue weighted by Gasteiger charge is 2.19. The lowest BCUT2D eigenvalue weighted by molar-refractivity contribution is 0.0532. The second kappa shape index (κ2) is 8.36. The Balaban J connectivity index is 1.61. The number of aromatic nitrogens is 3.